The molecule has 0 aliphatic heterocycles. The van der Waals surface area contributed by atoms with E-state index in [0.717, 1.165) is 54.4 Å². The van der Waals surface area contributed by atoms with Crippen LogP contribution in [0.1, 0.15) is 70.4 Å². The Morgan fingerprint density at radius 1 is 0.742 bits per heavy atom. The molecular formula is C27H38O4. The van der Waals surface area contributed by atoms with Crippen LogP contribution in [0.25, 0.3) is 10.8 Å². The number of rotatable bonds is 14. The molecule has 0 saturated heterocycles. The molecule has 0 spiro atoms. The van der Waals surface area contributed by atoms with Gasteiger partial charge >= 0.3 is 0 Å². The van der Waals surface area contributed by atoms with Crippen LogP contribution in [0.3, 0.4) is 0 Å². The Hall–Kier alpha value is -2.04. The molecule has 0 N–H and O–H groups in total. The highest BCUT2D eigenvalue weighted by molar-refractivity contribution is 5.96. The summed E-state index contributed by atoms with van der Waals surface area (Å²) in [4.78, 5) is 0. The monoisotopic (exact) mass is 426 g/mol. The van der Waals surface area contributed by atoms with Crippen LogP contribution in [-0.2, 0) is 22.3 Å². The molecule has 0 atom stereocenters. The van der Waals surface area contributed by atoms with E-state index in [0.29, 0.717) is 13.2 Å². The predicted molar refractivity (Wildman–Crippen MR) is 127 cm³/mol. The van der Waals surface area contributed by atoms with Crippen molar-refractivity contribution in [2.45, 2.75) is 72.1 Å². The maximum Gasteiger partial charge on any atom is 0.189 e. The summed E-state index contributed by atoms with van der Waals surface area (Å²) in [5, 5.41) is 2.16. The minimum atomic E-state index is 0.275. The van der Waals surface area contributed by atoms with Crippen molar-refractivity contribution in [2.24, 2.45) is 0 Å². The van der Waals surface area contributed by atoms with E-state index in [2.05, 4.69) is 51.1 Å². The molecule has 0 radical (unpaired) electrons. The number of hydrogen-bond donors (Lipinski definition) is 0. The Kier molecular flexibility index (Phi) is 9.70. The Morgan fingerprint density at radius 2 is 1.35 bits per heavy atom. The quantitative estimate of drug-likeness (QED) is 0.186. The highest BCUT2D eigenvalue weighted by Crippen LogP contribution is 2.44. The van der Waals surface area contributed by atoms with Crippen molar-refractivity contribution >= 4 is 10.8 Å². The van der Waals surface area contributed by atoms with Crippen LogP contribution in [0.2, 0.25) is 0 Å². The molecule has 0 heterocycles. The van der Waals surface area contributed by atoms with E-state index in [-0.39, 0.29) is 13.6 Å². The van der Waals surface area contributed by atoms with Gasteiger partial charge in [0.15, 0.2) is 13.6 Å². The van der Waals surface area contributed by atoms with Gasteiger partial charge in [-0.25, -0.2) is 0 Å². The highest BCUT2D eigenvalue weighted by atomic mass is 16.7. The first-order valence-corrected chi connectivity index (χ1v) is 12.0. The van der Waals surface area contributed by atoms with Gasteiger partial charge in [-0.15, -0.1) is 0 Å². The van der Waals surface area contributed by atoms with Gasteiger partial charge in [0.2, 0.25) is 0 Å². The lowest BCUT2D eigenvalue weighted by Gasteiger charge is -2.26. The molecule has 0 aromatic heterocycles. The largest absolute Gasteiger partial charge is 0.467 e. The number of hydrogen-bond acceptors (Lipinski definition) is 4. The van der Waals surface area contributed by atoms with E-state index in [1.165, 1.54) is 36.0 Å². The van der Waals surface area contributed by atoms with Gasteiger partial charge in [0.1, 0.15) is 11.5 Å². The Balaban J connectivity index is 1.95. The minimum absolute atomic E-state index is 0.275. The summed E-state index contributed by atoms with van der Waals surface area (Å²) in [7, 11) is 0. The van der Waals surface area contributed by atoms with E-state index in [9.17, 15) is 0 Å². The minimum Gasteiger partial charge on any atom is -0.467 e. The average molecular weight is 427 g/mol. The average Bonchev–Trinajstić information content (AvgIpc) is 2.80. The van der Waals surface area contributed by atoms with Crippen molar-refractivity contribution in [3.05, 3.63) is 47.0 Å². The van der Waals surface area contributed by atoms with Gasteiger partial charge in [-0.2, -0.15) is 0 Å². The van der Waals surface area contributed by atoms with Gasteiger partial charge in [-0.3, -0.25) is 0 Å². The normalized spacial score (nSPS) is 13.2. The second-order valence-electron chi connectivity index (χ2n) is 8.20. The molecular weight excluding hydrogens is 388 g/mol. The molecule has 0 saturated carbocycles. The zero-order valence-corrected chi connectivity index (χ0v) is 19.5. The van der Waals surface area contributed by atoms with Gasteiger partial charge in [0.05, 0.1) is 13.2 Å². The zero-order chi connectivity index (χ0) is 21.9. The second kappa shape index (κ2) is 12.7. The fraction of sp³-hybridized carbons (Fsp3) is 0.556. The molecule has 170 valence electrons. The van der Waals surface area contributed by atoms with E-state index in [4.69, 9.17) is 18.9 Å². The molecule has 2 aromatic rings. The van der Waals surface area contributed by atoms with E-state index >= 15 is 0 Å². The van der Waals surface area contributed by atoms with Gasteiger partial charge in [-0.1, -0.05) is 69.5 Å². The van der Waals surface area contributed by atoms with Crippen LogP contribution >= 0.6 is 0 Å². The Morgan fingerprint density at radius 3 is 1.94 bits per heavy atom. The predicted octanol–water partition coefficient (Wildman–Crippen LogP) is 6.97. The Bertz CT molecular complexity index is 856. The summed E-state index contributed by atoms with van der Waals surface area (Å²) in [6.07, 6.45) is 11.1. The smallest absolute Gasteiger partial charge is 0.189 e. The molecule has 0 unspecified atom stereocenters. The second-order valence-corrected chi connectivity index (χ2v) is 8.20. The first kappa shape index (κ1) is 23.6. The summed E-state index contributed by atoms with van der Waals surface area (Å²) >= 11 is 0. The summed E-state index contributed by atoms with van der Waals surface area (Å²) in [5.74, 6) is 1.89. The van der Waals surface area contributed by atoms with Crippen molar-refractivity contribution in [3.63, 3.8) is 0 Å². The van der Waals surface area contributed by atoms with Crippen LogP contribution in [-0.4, -0.2) is 26.8 Å². The maximum atomic E-state index is 6.26. The number of unbranched alkanes of at least 4 members (excludes halogenated alkanes) is 2. The summed E-state index contributed by atoms with van der Waals surface area (Å²) in [5.41, 5.74) is 3.98. The lowest BCUT2D eigenvalue weighted by molar-refractivity contribution is 0.0139. The van der Waals surface area contributed by atoms with Gasteiger partial charge in [-0.05, 0) is 38.5 Å². The molecule has 1 aliphatic carbocycles. The molecule has 0 fully saturated rings. The summed E-state index contributed by atoms with van der Waals surface area (Å²) in [6, 6.07) is 8.36. The summed E-state index contributed by atoms with van der Waals surface area (Å²) in [6.45, 7) is 8.43. The van der Waals surface area contributed by atoms with Crippen molar-refractivity contribution < 1.29 is 18.9 Å². The molecule has 2 aromatic carbocycles. The van der Waals surface area contributed by atoms with E-state index < -0.39 is 0 Å². The number of fused-ring (bicyclic) bond motifs is 2. The van der Waals surface area contributed by atoms with Crippen LogP contribution in [0, 0.1) is 0 Å². The van der Waals surface area contributed by atoms with Gasteiger partial charge < -0.3 is 18.9 Å². The lowest BCUT2D eigenvalue weighted by atomic mass is 9.85. The fourth-order valence-electron chi connectivity index (χ4n) is 4.16. The number of ether oxygens (including phenoxy) is 4. The van der Waals surface area contributed by atoms with Crippen molar-refractivity contribution in [1.82, 2.24) is 0 Å². The molecule has 1 aliphatic rings. The van der Waals surface area contributed by atoms with Gasteiger partial charge in [0, 0.05) is 21.9 Å². The van der Waals surface area contributed by atoms with E-state index in [1.807, 2.05) is 0 Å². The van der Waals surface area contributed by atoms with Crippen LogP contribution < -0.4 is 9.47 Å². The first-order chi connectivity index (χ1) is 15.3. The maximum absolute atomic E-state index is 6.26. The van der Waals surface area contributed by atoms with Crippen LogP contribution in [0.4, 0.5) is 0 Å². The third-order valence-corrected chi connectivity index (χ3v) is 5.70. The molecule has 4 nitrogen and oxygen atoms in total. The lowest BCUT2D eigenvalue weighted by Crippen LogP contribution is -2.13. The SMILES string of the molecule is CCCCCC1=CCc2c(c(OCOCCC)c3ccccc3c2OCOCCC)C1. The third-order valence-electron chi connectivity index (χ3n) is 5.70. The third kappa shape index (κ3) is 6.24. The summed E-state index contributed by atoms with van der Waals surface area (Å²) < 4.78 is 23.8. The van der Waals surface area contributed by atoms with Crippen LogP contribution in [0.5, 0.6) is 11.5 Å². The van der Waals surface area contributed by atoms with Crippen molar-refractivity contribution in [2.75, 3.05) is 26.8 Å². The molecule has 4 heteroatoms. The fourth-order valence-corrected chi connectivity index (χ4v) is 4.16. The molecule has 0 amide bonds. The molecule has 3 rings (SSSR count). The van der Waals surface area contributed by atoms with Gasteiger partial charge in [0.25, 0.3) is 0 Å². The molecule has 0 bridgehead atoms. The Labute approximate surface area is 187 Å². The standard InChI is InChI=1S/C27H38O4/c1-4-7-8-11-21-14-15-24-25(18-21)27(31-20-29-17-6-3)23-13-10-9-12-22(23)26(24)30-19-28-16-5-2/h9-10,12-14H,4-8,11,15-20H2,1-3H3. The topological polar surface area (TPSA) is 36.9 Å². The van der Waals surface area contributed by atoms with E-state index in [1.54, 1.807) is 0 Å². The van der Waals surface area contributed by atoms with Crippen molar-refractivity contribution in [1.29, 1.82) is 0 Å². The number of allylic oxidation sites excluding steroid dienone is 2. The number of benzene rings is 2. The first-order valence-electron chi connectivity index (χ1n) is 12.0. The van der Waals surface area contributed by atoms with Crippen LogP contribution in [0.15, 0.2) is 35.9 Å². The zero-order valence-electron chi connectivity index (χ0n) is 19.5. The molecule has 31 heavy (non-hydrogen) atoms. The van der Waals surface area contributed by atoms with Crippen molar-refractivity contribution in [3.8, 4) is 11.5 Å². The highest BCUT2D eigenvalue weighted by Gasteiger charge is 2.24.